The highest BCUT2D eigenvalue weighted by molar-refractivity contribution is 5.45. The van der Waals surface area contributed by atoms with Crippen molar-refractivity contribution in [1.29, 1.82) is 0 Å². The highest BCUT2D eigenvalue weighted by Crippen LogP contribution is 2.20. The van der Waals surface area contributed by atoms with Crippen LogP contribution in [-0.4, -0.2) is 47.7 Å². The predicted octanol–water partition coefficient (Wildman–Crippen LogP) is 2.53. The smallest absolute Gasteiger partial charge is 0.231 e. The van der Waals surface area contributed by atoms with E-state index in [1.165, 1.54) is 25.7 Å². The van der Waals surface area contributed by atoms with Crippen LogP contribution in [0.5, 0.6) is 0 Å². The number of nitrogens with one attached hydrogen (secondary N) is 1. The largest absolute Gasteiger partial charge is 0.354 e. The zero-order chi connectivity index (χ0) is 15.1. The van der Waals surface area contributed by atoms with Crippen LogP contribution in [0.2, 0.25) is 0 Å². The molecular weight excluding hydrogens is 264 g/mol. The molecule has 0 saturated carbocycles. The van der Waals surface area contributed by atoms with Crippen molar-refractivity contribution in [3.63, 3.8) is 0 Å². The fourth-order valence-electron chi connectivity index (χ4n) is 2.65. The minimum absolute atomic E-state index is 0.689. The van der Waals surface area contributed by atoms with Gasteiger partial charge < -0.3 is 15.1 Å². The first kappa shape index (κ1) is 15.8. The topological polar surface area (TPSA) is 57.2 Å². The molecular formula is C15H28N6. The van der Waals surface area contributed by atoms with Crippen LogP contribution in [0.25, 0.3) is 0 Å². The molecule has 0 amide bonds. The Morgan fingerprint density at radius 1 is 0.952 bits per heavy atom. The van der Waals surface area contributed by atoms with E-state index in [0.29, 0.717) is 5.95 Å². The van der Waals surface area contributed by atoms with E-state index in [1.807, 2.05) is 0 Å². The Balaban J connectivity index is 2.29. The average Bonchev–Trinajstić information content (AvgIpc) is 2.78. The van der Waals surface area contributed by atoms with Gasteiger partial charge in [-0.05, 0) is 33.6 Å². The van der Waals surface area contributed by atoms with Crippen LogP contribution < -0.4 is 15.1 Å². The van der Waals surface area contributed by atoms with E-state index in [2.05, 4.69) is 45.9 Å². The molecule has 0 radical (unpaired) electrons. The molecule has 0 atom stereocenters. The lowest BCUT2D eigenvalue weighted by Gasteiger charge is -2.24. The Kier molecular flexibility index (Phi) is 6.02. The van der Waals surface area contributed by atoms with Crippen LogP contribution in [0, 0.1) is 0 Å². The summed E-state index contributed by atoms with van der Waals surface area (Å²) >= 11 is 0. The lowest BCUT2D eigenvalue weighted by Crippen LogP contribution is -2.30. The quantitative estimate of drug-likeness (QED) is 0.869. The van der Waals surface area contributed by atoms with Crippen LogP contribution >= 0.6 is 0 Å². The zero-order valence-electron chi connectivity index (χ0n) is 13.6. The van der Waals surface area contributed by atoms with E-state index >= 15 is 0 Å². The van der Waals surface area contributed by atoms with E-state index < -0.39 is 0 Å². The van der Waals surface area contributed by atoms with Crippen LogP contribution in [0.1, 0.15) is 46.5 Å². The Morgan fingerprint density at radius 3 is 2.19 bits per heavy atom. The summed E-state index contributed by atoms with van der Waals surface area (Å²) in [5, 5.41) is 3.23. The number of hydrogen-bond acceptors (Lipinski definition) is 6. The fourth-order valence-corrected chi connectivity index (χ4v) is 2.65. The molecule has 0 aromatic carbocycles. The highest BCUT2D eigenvalue weighted by Gasteiger charge is 2.17. The van der Waals surface area contributed by atoms with Gasteiger partial charge in [-0.2, -0.15) is 15.0 Å². The minimum atomic E-state index is 0.689. The van der Waals surface area contributed by atoms with Gasteiger partial charge in [0.05, 0.1) is 0 Å². The SMILES string of the molecule is CCNc1nc(N(CC)CC)nc(N2CCCCCC2)n1. The van der Waals surface area contributed by atoms with Crippen molar-refractivity contribution in [3.05, 3.63) is 0 Å². The summed E-state index contributed by atoms with van der Waals surface area (Å²) in [5.74, 6) is 2.29. The van der Waals surface area contributed by atoms with Gasteiger partial charge >= 0.3 is 0 Å². The molecule has 1 aliphatic rings. The first-order chi connectivity index (χ1) is 10.3. The second kappa shape index (κ2) is 8.00. The van der Waals surface area contributed by atoms with E-state index in [0.717, 1.165) is 44.6 Å². The monoisotopic (exact) mass is 292 g/mol. The van der Waals surface area contributed by atoms with Crippen molar-refractivity contribution in [1.82, 2.24) is 15.0 Å². The van der Waals surface area contributed by atoms with Crippen LogP contribution in [0.15, 0.2) is 0 Å². The predicted molar refractivity (Wildman–Crippen MR) is 88.2 cm³/mol. The number of hydrogen-bond donors (Lipinski definition) is 1. The van der Waals surface area contributed by atoms with Gasteiger partial charge in [-0.15, -0.1) is 0 Å². The van der Waals surface area contributed by atoms with Crippen LogP contribution in [0.4, 0.5) is 17.8 Å². The number of anilines is 3. The van der Waals surface area contributed by atoms with Crippen molar-refractivity contribution in [2.24, 2.45) is 0 Å². The maximum Gasteiger partial charge on any atom is 0.231 e. The molecule has 1 aromatic rings. The molecule has 1 saturated heterocycles. The molecule has 2 rings (SSSR count). The van der Waals surface area contributed by atoms with Crippen LogP contribution in [0.3, 0.4) is 0 Å². The minimum Gasteiger partial charge on any atom is -0.354 e. The van der Waals surface area contributed by atoms with Crippen molar-refractivity contribution in [2.75, 3.05) is 47.8 Å². The molecule has 21 heavy (non-hydrogen) atoms. The molecule has 1 N–H and O–H groups in total. The van der Waals surface area contributed by atoms with Crippen LogP contribution in [-0.2, 0) is 0 Å². The van der Waals surface area contributed by atoms with E-state index in [1.54, 1.807) is 0 Å². The highest BCUT2D eigenvalue weighted by atomic mass is 15.4. The standard InChI is InChI=1S/C15H28N6/c1-4-16-13-17-14(20(5-2)6-3)19-15(18-13)21-11-9-7-8-10-12-21/h4-12H2,1-3H3,(H,16,17,18,19). The van der Waals surface area contributed by atoms with Gasteiger partial charge in [-0.3, -0.25) is 0 Å². The fraction of sp³-hybridized carbons (Fsp3) is 0.800. The molecule has 0 spiro atoms. The average molecular weight is 292 g/mol. The van der Waals surface area contributed by atoms with Crippen molar-refractivity contribution in [2.45, 2.75) is 46.5 Å². The Hall–Kier alpha value is -1.59. The molecule has 1 aliphatic heterocycles. The molecule has 118 valence electrons. The second-order valence-corrected chi connectivity index (χ2v) is 5.36. The Morgan fingerprint density at radius 2 is 1.62 bits per heavy atom. The molecule has 6 heteroatoms. The number of aromatic nitrogens is 3. The molecule has 1 fully saturated rings. The molecule has 2 heterocycles. The molecule has 1 aromatic heterocycles. The van der Waals surface area contributed by atoms with E-state index in [4.69, 9.17) is 4.98 Å². The maximum atomic E-state index is 4.71. The third-order valence-electron chi connectivity index (χ3n) is 3.88. The molecule has 0 unspecified atom stereocenters. The normalized spacial score (nSPS) is 15.7. The van der Waals surface area contributed by atoms with Gasteiger partial charge in [0.15, 0.2) is 0 Å². The van der Waals surface area contributed by atoms with Gasteiger partial charge in [0.1, 0.15) is 0 Å². The molecule has 0 aliphatic carbocycles. The van der Waals surface area contributed by atoms with Crippen molar-refractivity contribution < 1.29 is 0 Å². The summed E-state index contributed by atoms with van der Waals surface area (Å²) in [7, 11) is 0. The zero-order valence-corrected chi connectivity index (χ0v) is 13.6. The lowest BCUT2D eigenvalue weighted by molar-refractivity contribution is 0.726. The van der Waals surface area contributed by atoms with Gasteiger partial charge in [-0.1, -0.05) is 12.8 Å². The summed E-state index contributed by atoms with van der Waals surface area (Å²) in [4.78, 5) is 18.3. The summed E-state index contributed by atoms with van der Waals surface area (Å²) in [6.45, 7) is 11.1. The Bertz CT molecular complexity index is 424. The lowest BCUT2D eigenvalue weighted by atomic mass is 10.2. The van der Waals surface area contributed by atoms with E-state index in [9.17, 15) is 0 Å². The van der Waals surface area contributed by atoms with Crippen molar-refractivity contribution in [3.8, 4) is 0 Å². The first-order valence-corrected chi connectivity index (χ1v) is 8.28. The van der Waals surface area contributed by atoms with Gasteiger partial charge in [-0.25, -0.2) is 0 Å². The summed E-state index contributed by atoms with van der Waals surface area (Å²) in [6, 6.07) is 0. The van der Waals surface area contributed by atoms with Crippen molar-refractivity contribution >= 4 is 17.8 Å². The van der Waals surface area contributed by atoms with Gasteiger partial charge in [0.2, 0.25) is 17.8 Å². The number of nitrogens with zero attached hydrogens (tertiary/aromatic N) is 5. The Labute approximate surface area is 128 Å². The summed E-state index contributed by atoms with van der Waals surface area (Å²) < 4.78 is 0. The van der Waals surface area contributed by atoms with E-state index in [-0.39, 0.29) is 0 Å². The second-order valence-electron chi connectivity index (χ2n) is 5.36. The summed E-state index contributed by atoms with van der Waals surface area (Å²) in [5.41, 5.74) is 0. The molecule has 0 bridgehead atoms. The third-order valence-corrected chi connectivity index (χ3v) is 3.88. The van der Waals surface area contributed by atoms with Gasteiger partial charge in [0.25, 0.3) is 0 Å². The maximum absolute atomic E-state index is 4.71. The molecule has 6 nitrogen and oxygen atoms in total. The first-order valence-electron chi connectivity index (χ1n) is 8.28. The third kappa shape index (κ3) is 4.19. The number of rotatable bonds is 6. The van der Waals surface area contributed by atoms with Gasteiger partial charge in [0, 0.05) is 32.7 Å². The summed E-state index contributed by atoms with van der Waals surface area (Å²) in [6.07, 6.45) is 5.07.